The highest BCUT2D eigenvalue weighted by Crippen LogP contribution is 2.38. The number of likely N-dealkylation sites (N-methyl/N-ethyl adjacent to an activating group) is 1. The maximum absolute atomic E-state index is 12.2. The molecule has 1 aliphatic rings. The summed E-state index contributed by atoms with van der Waals surface area (Å²) in [6.07, 6.45) is 2.39. The molecule has 0 heterocycles. The van der Waals surface area contributed by atoms with Gasteiger partial charge in [0.05, 0.1) is 12.0 Å². The van der Waals surface area contributed by atoms with Gasteiger partial charge in [-0.1, -0.05) is 12.1 Å². The molecule has 1 fully saturated rings. The average molecular weight is 289 g/mol. The van der Waals surface area contributed by atoms with Crippen molar-refractivity contribution in [2.45, 2.75) is 38.6 Å². The van der Waals surface area contributed by atoms with Gasteiger partial charge in [-0.3, -0.25) is 9.59 Å². The van der Waals surface area contributed by atoms with E-state index in [0.717, 1.165) is 18.4 Å². The smallest absolute Gasteiger partial charge is 0.244 e. The number of rotatable bonds is 6. The molecule has 2 rings (SSSR count). The second-order valence-electron chi connectivity index (χ2n) is 5.84. The fraction of sp³-hybridized carbons (Fsp3) is 0.500. The summed E-state index contributed by atoms with van der Waals surface area (Å²) in [5, 5.41) is 5.60. The molecule has 0 bridgehead atoms. The highest BCUT2D eigenvalue weighted by molar-refractivity contribution is 5.98. The Hall–Kier alpha value is -1.88. The number of benzene rings is 1. The minimum absolute atomic E-state index is 0.00227. The molecule has 2 amide bonds. The van der Waals surface area contributed by atoms with Crippen LogP contribution in [0.2, 0.25) is 0 Å². The molecule has 1 aromatic rings. The standard InChI is InChI=1S/C16H23N3O2/c1-3-18-14(20)10-11-4-8-13(9-5-11)19-15(21)16(2,17)12-6-7-12/h4-5,8-9,12H,3,6-7,10,17H2,1-2H3,(H,18,20)(H,19,21). The predicted molar refractivity (Wildman–Crippen MR) is 82.8 cm³/mol. The SMILES string of the molecule is CCNC(=O)Cc1ccc(NC(=O)C(C)(N)C2CC2)cc1. The lowest BCUT2D eigenvalue weighted by molar-refractivity contribution is -0.121. The van der Waals surface area contributed by atoms with Crippen LogP contribution in [0.15, 0.2) is 24.3 Å². The first kappa shape index (κ1) is 15.5. The molecule has 0 spiro atoms. The van der Waals surface area contributed by atoms with Gasteiger partial charge in [0.15, 0.2) is 0 Å². The zero-order chi connectivity index (χ0) is 15.5. The number of carbonyl (C=O) groups excluding carboxylic acids is 2. The lowest BCUT2D eigenvalue weighted by Crippen LogP contribution is -2.50. The Labute approximate surface area is 125 Å². The summed E-state index contributed by atoms with van der Waals surface area (Å²) in [7, 11) is 0. The van der Waals surface area contributed by atoms with Gasteiger partial charge in [0.2, 0.25) is 11.8 Å². The van der Waals surface area contributed by atoms with Gasteiger partial charge in [0, 0.05) is 12.2 Å². The fourth-order valence-corrected chi connectivity index (χ4v) is 2.29. The molecule has 4 N–H and O–H groups in total. The van der Waals surface area contributed by atoms with Crippen LogP contribution in [0.25, 0.3) is 0 Å². The third kappa shape index (κ3) is 4.04. The lowest BCUT2D eigenvalue weighted by atomic mass is 9.96. The number of hydrogen-bond donors (Lipinski definition) is 3. The predicted octanol–water partition coefficient (Wildman–Crippen LogP) is 1.43. The monoisotopic (exact) mass is 289 g/mol. The maximum atomic E-state index is 12.2. The molecule has 0 aliphatic heterocycles. The summed E-state index contributed by atoms with van der Waals surface area (Å²) in [6, 6.07) is 7.29. The van der Waals surface area contributed by atoms with Crippen molar-refractivity contribution in [2.24, 2.45) is 11.7 Å². The summed E-state index contributed by atoms with van der Waals surface area (Å²) in [5.41, 5.74) is 6.89. The molecule has 0 saturated heterocycles. The highest BCUT2D eigenvalue weighted by atomic mass is 16.2. The number of amides is 2. The van der Waals surface area contributed by atoms with Crippen LogP contribution in [0.5, 0.6) is 0 Å². The quantitative estimate of drug-likeness (QED) is 0.740. The average Bonchev–Trinajstić information content (AvgIpc) is 3.26. The van der Waals surface area contributed by atoms with Crippen LogP contribution in [0, 0.1) is 5.92 Å². The van der Waals surface area contributed by atoms with E-state index in [-0.39, 0.29) is 17.7 Å². The molecule has 1 atom stereocenters. The second-order valence-corrected chi connectivity index (χ2v) is 5.84. The van der Waals surface area contributed by atoms with E-state index in [0.29, 0.717) is 18.7 Å². The number of nitrogens with two attached hydrogens (primary N) is 1. The van der Waals surface area contributed by atoms with E-state index in [1.54, 1.807) is 19.1 Å². The Morgan fingerprint density at radius 3 is 2.43 bits per heavy atom. The Kier molecular flexibility index (Phi) is 4.63. The molecule has 5 nitrogen and oxygen atoms in total. The van der Waals surface area contributed by atoms with Crippen molar-refractivity contribution in [2.75, 3.05) is 11.9 Å². The largest absolute Gasteiger partial charge is 0.356 e. The van der Waals surface area contributed by atoms with E-state index in [2.05, 4.69) is 10.6 Å². The molecule has 5 heteroatoms. The van der Waals surface area contributed by atoms with E-state index in [4.69, 9.17) is 5.73 Å². The fourth-order valence-electron chi connectivity index (χ4n) is 2.29. The summed E-state index contributed by atoms with van der Waals surface area (Å²) < 4.78 is 0. The molecule has 1 unspecified atom stereocenters. The number of carbonyl (C=O) groups is 2. The normalized spacial score (nSPS) is 16.9. The van der Waals surface area contributed by atoms with Gasteiger partial charge < -0.3 is 16.4 Å². The number of hydrogen-bond acceptors (Lipinski definition) is 3. The van der Waals surface area contributed by atoms with Crippen molar-refractivity contribution < 1.29 is 9.59 Å². The lowest BCUT2D eigenvalue weighted by Gasteiger charge is -2.23. The molecule has 1 aliphatic carbocycles. The minimum atomic E-state index is -0.806. The van der Waals surface area contributed by atoms with E-state index < -0.39 is 5.54 Å². The molecule has 1 aromatic carbocycles. The summed E-state index contributed by atoms with van der Waals surface area (Å²) in [6.45, 7) is 4.30. The van der Waals surface area contributed by atoms with Crippen LogP contribution >= 0.6 is 0 Å². The van der Waals surface area contributed by atoms with Crippen molar-refractivity contribution in [3.05, 3.63) is 29.8 Å². The van der Waals surface area contributed by atoms with Gasteiger partial charge in [-0.25, -0.2) is 0 Å². The van der Waals surface area contributed by atoms with Gasteiger partial charge in [-0.2, -0.15) is 0 Å². The van der Waals surface area contributed by atoms with Gasteiger partial charge >= 0.3 is 0 Å². The molecular formula is C16H23N3O2. The highest BCUT2D eigenvalue weighted by Gasteiger charge is 2.44. The van der Waals surface area contributed by atoms with Crippen LogP contribution < -0.4 is 16.4 Å². The first-order valence-corrected chi connectivity index (χ1v) is 7.39. The Bertz CT molecular complexity index is 519. The summed E-state index contributed by atoms with van der Waals surface area (Å²) in [5.74, 6) is 0.133. The first-order valence-electron chi connectivity index (χ1n) is 7.39. The zero-order valence-corrected chi connectivity index (χ0v) is 12.6. The van der Waals surface area contributed by atoms with E-state index in [1.165, 1.54) is 0 Å². The topological polar surface area (TPSA) is 84.2 Å². The van der Waals surface area contributed by atoms with E-state index in [9.17, 15) is 9.59 Å². The Balaban J connectivity index is 1.93. The molecule has 0 radical (unpaired) electrons. The van der Waals surface area contributed by atoms with Crippen molar-refractivity contribution in [1.82, 2.24) is 5.32 Å². The molecule has 0 aromatic heterocycles. The summed E-state index contributed by atoms with van der Waals surface area (Å²) in [4.78, 5) is 23.7. The van der Waals surface area contributed by atoms with Gasteiger partial charge in [0.25, 0.3) is 0 Å². The zero-order valence-electron chi connectivity index (χ0n) is 12.6. The maximum Gasteiger partial charge on any atom is 0.244 e. The first-order chi connectivity index (χ1) is 9.93. The van der Waals surface area contributed by atoms with Crippen LogP contribution in [0.1, 0.15) is 32.3 Å². The minimum Gasteiger partial charge on any atom is -0.356 e. The van der Waals surface area contributed by atoms with Gasteiger partial charge in [-0.15, -0.1) is 0 Å². The van der Waals surface area contributed by atoms with Crippen LogP contribution in [0.3, 0.4) is 0 Å². The van der Waals surface area contributed by atoms with Crippen LogP contribution in [-0.4, -0.2) is 23.9 Å². The third-order valence-corrected chi connectivity index (χ3v) is 3.87. The third-order valence-electron chi connectivity index (χ3n) is 3.87. The molecule has 114 valence electrons. The number of nitrogens with one attached hydrogen (secondary N) is 2. The van der Waals surface area contributed by atoms with Crippen molar-refractivity contribution >= 4 is 17.5 Å². The van der Waals surface area contributed by atoms with Gasteiger partial charge in [0.1, 0.15) is 0 Å². The Morgan fingerprint density at radius 2 is 1.90 bits per heavy atom. The molecule has 1 saturated carbocycles. The van der Waals surface area contributed by atoms with Crippen LogP contribution in [-0.2, 0) is 16.0 Å². The van der Waals surface area contributed by atoms with E-state index >= 15 is 0 Å². The van der Waals surface area contributed by atoms with Crippen molar-refractivity contribution in [1.29, 1.82) is 0 Å². The van der Waals surface area contributed by atoms with Crippen molar-refractivity contribution in [3.63, 3.8) is 0 Å². The Morgan fingerprint density at radius 1 is 1.29 bits per heavy atom. The van der Waals surface area contributed by atoms with Gasteiger partial charge in [-0.05, 0) is 50.3 Å². The summed E-state index contributed by atoms with van der Waals surface area (Å²) >= 11 is 0. The van der Waals surface area contributed by atoms with Crippen molar-refractivity contribution in [3.8, 4) is 0 Å². The van der Waals surface area contributed by atoms with E-state index in [1.807, 2.05) is 19.1 Å². The van der Waals surface area contributed by atoms with Crippen LogP contribution in [0.4, 0.5) is 5.69 Å². The number of anilines is 1. The molecular weight excluding hydrogens is 266 g/mol. The second kappa shape index (κ2) is 6.26. The molecule has 21 heavy (non-hydrogen) atoms.